The van der Waals surface area contributed by atoms with Crippen molar-refractivity contribution in [3.05, 3.63) is 29.0 Å². The van der Waals surface area contributed by atoms with E-state index in [-0.39, 0.29) is 48.6 Å². The molecule has 1 aromatic rings. The third-order valence-electron chi connectivity index (χ3n) is 3.14. The zero-order chi connectivity index (χ0) is 15.4. The van der Waals surface area contributed by atoms with Gasteiger partial charge in [0.1, 0.15) is 5.82 Å². The van der Waals surface area contributed by atoms with E-state index in [4.69, 9.17) is 11.6 Å². The van der Waals surface area contributed by atoms with E-state index in [0.717, 1.165) is 0 Å². The number of anilines is 1. The molecule has 1 fully saturated rings. The van der Waals surface area contributed by atoms with Crippen molar-refractivity contribution in [3.63, 3.8) is 0 Å². The smallest absolute Gasteiger partial charge is 0.229 e. The molecule has 1 saturated heterocycles. The molecule has 0 aromatic heterocycles. The first-order valence-corrected chi connectivity index (χ1v) is 6.93. The summed E-state index contributed by atoms with van der Waals surface area (Å²) in [6, 6.07) is 3.90. The first kappa shape index (κ1) is 15.4. The second-order valence-electron chi connectivity index (χ2n) is 4.72. The molecule has 3 amide bonds. The highest BCUT2D eigenvalue weighted by molar-refractivity contribution is 6.31. The van der Waals surface area contributed by atoms with Gasteiger partial charge in [0.25, 0.3) is 0 Å². The van der Waals surface area contributed by atoms with Crippen molar-refractivity contribution < 1.29 is 18.8 Å². The second-order valence-corrected chi connectivity index (χ2v) is 5.13. The normalized spacial score (nSPS) is 14.7. The Labute approximate surface area is 126 Å². The molecule has 1 aliphatic heterocycles. The van der Waals surface area contributed by atoms with Crippen LogP contribution >= 0.6 is 11.6 Å². The van der Waals surface area contributed by atoms with Crippen molar-refractivity contribution in [2.45, 2.75) is 25.7 Å². The minimum absolute atomic E-state index is 0.0685. The Kier molecular flexibility index (Phi) is 4.90. The number of amides is 3. The summed E-state index contributed by atoms with van der Waals surface area (Å²) in [4.78, 5) is 35.6. The van der Waals surface area contributed by atoms with Crippen LogP contribution in [0.15, 0.2) is 18.2 Å². The molecular formula is C14H14ClFN2O3. The zero-order valence-electron chi connectivity index (χ0n) is 11.2. The molecule has 0 aliphatic carbocycles. The van der Waals surface area contributed by atoms with E-state index in [2.05, 4.69) is 5.32 Å². The van der Waals surface area contributed by atoms with Crippen LogP contribution in [0.2, 0.25) is 5.02 Å². The van der Waals surface area contributed by atoms with Crippen LogP contribution < -0.4 is 5.32 Å². The van der Waals surface area contributed by atoms with Gasteiger partial charge in [-0.15, -0.1) is 0 Å². The summed E-state index contributed by atoms with van der Waals surface area (Å²) in [6.07, 6.45) is 1.04. The standard InChI is InChI=1S/C14H14ClFN2O3/c15-10-8-9(3-4-11(10)16)17-12(19)2-1-7-18-13(20)5-6-14(18)21/h3-4,8H,1-2,5-7H2,(H,17,19). The molecule has 1 N–H and O–H groups in total. The maximum absolute atomic E-state index is 13.0. The van der Waals surface area contributed by atoms with Gasteiger partial charge < -0.3 is 5.32 Å². The van der Waals surface area contributed by atoms with E-state index < -0.39 is 5.82 Å². The Morgan fingerprint density at radius 3 is 2.57 bits per heavy atom. The average molecular weight is 313 g/mol. The van der Waals surface area contributed by atoms with Crippen LogP contribution in [-0.2, 0) is 14.4 Å². The third kappa shape index (κ3) is 4.01. The van der Waals surface area contributed by atoms with E-state index in [1.54, 1.807) is 0 Å². The van der Waals surface area contributed by atoms with Gasteiger partial charge in [-0.2, -0.15) is 0 Å². The molecule has 0 atom stereocenters. The fourth-order valence-corrected chi connectivity index (χ4v) is 2.25. The van der Waals surface area contributed by atoms with Crippen molar-refractivity contribution in [1.82, 2.24) is 4.90 Å². The van der Waals surface area contributed by atoms with E-state index in [1.165, 1.54) is 23.1 Å². The minimum Gasteiger partial charge on any atom is -0.326 e. The highest BCUT2D eigenvalue weighted by Crippen LogP contribution is 2.19. The Balaban J connectivity index is 1.78. The lowest BCUT2D eigenvalue weighted by Gasteiger charge is -2.13. The zero-order valence-corrected chi connectivity index (χ0v) is 12.0. The lowest BCUT2D eigenvalue weighted by atomic mass is 10.2. The van der Waals surface area contributed by atoms with Crippen molar-refractivity contribution >= 4 is 35.0 Å². The summed E-state index contributed by atoms with van der Waals surface area (Å²) in [5.41, 5.74) is 0.403. The van der Waals surface area contributed by atoms with Gasteiger partial charge >= 0.3 is 0 Å². The number of carbonyl (C=O) groups is 3. The third-order valence-corrected chi connectivity index (χ3v) is 3.43. The van der Waals surface area contributed by atoms with E-state index in [0.29, 0.717) is 12.1 Å². The molecule has 7 heteroatoms. The number of nitrogens with one attached hydrogen (secondary N) is 1. The van der Waals surface area contributed by atoms with Gasteiger partial charge in [-0.05, 0) is 24.6 Å². The molecule has 1 heterocycles. The molecule has 5 nitrogen and oxygen atoms in total. The van der Waals surface area contributed by atoms with Crippen LogP contribution in [0.5, 0.6) is 0 Å². The Morgan fingerprint density at radius 1 is 1.29 bits per heavy atom. The summed E-state index contributed by atoms with van der Waals surface area (Å²) in [5.74, 6) is -1.21. The molecular weight excluding hydrogens is 299 g/mol. The van der Waals surface area contributed by atoms with Crippen molar-refractivity contribution in [2.24, 2.45) is 0 Å². The average Bonchev–Trinajstić information content (AvgIpc) is 2.74. The molecule has 0 unspecified atom stereocenters. The van der Waals surface area contributed by atoms with Crippen LogP contribution in [-0.4, -0.2) is 29.2 Å². The van der Waals surface area contributed by atoms with Crippen molar-refractivity contribution in [1.29, 1.82) is 0 Å². The van der Waals surface area contributed by atoms with Crippen LogP contribution in [0, 0.1) is 5.82 Å². The van der Waals surface area contributed by atoms with Crippen LogP contribution in [0.25, 0.3) is 0 Å². The number of nitrogens with zero attached hydrogens (tertiary/aromatic N) is 1. The van der Waals surface area contributed by atoms with Crippen LogP contribution in [0.3, 0.4) is 0 Å². The molecule has 1 aromatic carbocycles. The van der Waals surface area contributed by atoms with Crippen molar-refractivity contribution in [2.75, 3.05) is 11.9 Å². The first-order valence-electron chi connectivity index (χ1n) is 6.55. The number of benzene rings is 1. The summed E-state index contributed by atoms with van der Waals surface area (Å²) < 4.78 is 13.0. The molecule has 0 bridgehead atoms. The first-order chi connectivity index (χ1) is 9.97. The summed E-state index contributed by atoms with van der Waals surface area (Å²) in [6.45, 7) is 0.245. The molecule has 1 aliphatic rings. The number of carbonyl (C=O) groups excluding carboxylic acids is 3. The predicted octanol–water partition coefficient (Wildman–Crippen LogP) is 2.35. The molecule has 2 rings (SSSR count). The van der Waals surface area contributed by atoms with E-state index in [9.17, 15) is 18.8 Å². The highest BCUT2D eigenvalue weighted by atomic mass is 35.5. The van der Waals surface area contributed by atoms with Gasteiger partial charge in [0.2, 0.25) is 17.7 Å². The van der Waals surface area contributed by atoms with Crippen molar-refractivity contribution in [3.8, 4) is 0 Å². The largest absolute Gasteiger partial charge is 0.326 e. The number of halogens is 2. The topological polar surface area (TPSA) is 66.5 Å². The summed E-state index contributed by atoms with van der Waals surface area (Å²) in [7, 11) is 0. The summed E-state index contributed by atoms with van der Waals surface area (Å²) >= 11 is 5.61. The predicted molar refractivity (Wildman–Crippen MR) is 75.2 cm³/mol. The Hall–Kier alpha value is -1.95. The van der Waals surface area contributed by atoms with Gasteiger partial charge in [0, 0.05) is 31.5 Å². The fourth-order valence-electron chi connectivity index (χ4n) is 2.07. The number of likely N-dealkylation sites (tertiary alicyclic amines) is 1. The van der Waals surface area contributed by atoms with Gasteiger partial charge in [-0.3, -0.25) is 19.3 Å². The Bertz CT molecular complexity index is 576. The molecule has 0 radical (unpaired) electrons. The molecule has 112 valence electrons. The quantitative estimate of drug-likeness (QED) is 0.849. The van der Waals surface area contributed by atoms with Gasteiger partial charge in [0.05, 0.1) is 5.02 Å². The SMILES string of the molecule is O=C(CCCN1C(=O)CCC1=O)Nc1ccc(F)c(Cl)c1. The van der Waals surface area contributed by atoms with Gasteiger partial charge in [-0.1, -0.05) is 11.6 Å². The second kappa shape index (κ2) is 6.67. The lowest BCUT2D eigenvalue weighted by Crippen LogP contribution is -2.30. The minimum atomic E-state index is -0.555. The Morgan fingerprint density at radius 2 is 1.95 bits per heavy atom. The highest BCUT2D eigenvalue weighted by Gasteiger charge is 2.28. The molecule has 21 heavy (non-hydrogen) atoms. The number of rotatable bonds is 5. The van der Waals surface area contributed by atoms with Gasteiger partial charge in [0.15, 0.2) is 0 Å². The number of hydrogen-bond acceptors (Lipinski definition) is 3. The number of imide groups is 1. The van der Waals surface area contributed by atoms with Crippen LogP contribution in [0.4, 0.5) is 10.1 Å². The lowest BCUT2D eigenvalue weighted by molar-refractivity contribution is -0.138. The maximum Gasteiger partial charge on any atom is 0.229 e. The summed E-state index contributed by atoms with van der Waals surface area (Å²) in [5, 5.41) is 2.51. The van der Waals surface area contributed by atoms with Crippen LogP contribution in [0.1, 0.15) is 25.7 Å². The fraction of sp³-hybridized carbons (Fsp3) is 0.357. The molecule has 0 saturated carbocycles. The maximum atomic E-state index is 13.0. The molecule has 0 spiro atoms. The van der Waals surface area contributed by atoms with Gasteiger partial charge in [-0.25, -0.2) is 4.39 Å². The number of hydrogen-bond donors (Lipinski definition) is 1. The van der Waals surface area contributed by atoms with E-state index in [1.807, 2.05) is 0 Å². The monoisotopic (exact) mass is 312 g/mol. The van der Waals surface area contributed by atoms with E-state index >= 15 is 0 Å².